The molecule has 1 aliphatic rings. The van der Waals surface area contributed by atoms with Gasteiger partial charge in [0.05, 0.1) is 0 Å². The summed E-state index contributed by atoms with van der Waals surface area (Å²) in [6.45, 7) is 2.54. The van der Waals surface area contributed by atoms with Crippen molar-refractivity contribution in [2.24, 2.45) is 0 Å². The molecule has 0 aliphatic heterocycles. The number of hydrogen-bond acceptors (Lipinski definition) is 4. The van der Waals surface area contributed by atoms with Crippen LogP contribution in [0.5, 0.6) is 5.75 Å². The third-order valence-electron chi connectivity index (χ3n) is 3.84. The van der Waals surface area contributed by atoms with E-state index in [4.69, 9.17) is 26.2 Å². The van der Waals surface area contributed by atoms with Gasteiger partial charge in [-0.25, -0.2) is 4.39 Å². The summed E-state index contributed by atoms with van der Waals surface area (Å²) in [5, 5.41) is 18.2. The van der Waals surface area contributed by atoms with E-state index in [-0.39, 0.29) is 75.5 Å². The topological polar surface area (TPSA) is 98.7 Å². The quantitative estimate of drug-likeness (QED) is 0.464. The molecule has 1 aliphatic carbocycles. The van der Waals surface area contributed by atoms with Gasteiger partial charge < -0.3 is 25.1 Å². The summed E-state index contributed by atoms with van der Waals surface area (Å²) < 4.78 is 19.1. The fraction of sp³-hybridized carbons (Fsp3) is 0.444. The van der Waals surface area contributed by atoms with E-state index < -0.39 is 6.16 Å². The average molecular weight is 389 g/mol. The van der Waals surface area contributed by atoms with Crippen LogP contribution >= 0.6 is 0 Å². The van der Waals surface area contributed by atoms with Gasteiger partial charge in [-0.05, 0) is 48.4 Å². The van der Waals surface area contributed by atoms with E-state index in [0.717, 1.165) is 30.4 Å². The minimum atomic E-state index is -2.08. The maximum absolute atomic E-state index is 13.8. The maximum atomic E-state index is 13.8. The Labute approximate surface area is 194 Å². The molecule has 136 valence electrons. The number of aryl methyl sites for hydroxylation is 1. The van der Waals surface area contributed by atoms with Crippen LogP contribution < -0.4 is 66.5 Å². The third kappa shape index (κ3) is 8.51. The van der Waals surface area contributed by atoms with Crippen molar-refractivity contribution in [3.63, 3.8) is 0 Å². The number of halogens is 1. The molecule has 0 spiro atoms. The van der Waals surface area contributed by atoms with Gasteiger partial charge >= 0.3 is 51.4 Å². The Morgan fingerprint density at radius 1 is 1.50 bits per heavy atom. The zero-order valence-corrected chi connectivity index (χ0v) is 18.1. The number of hydrogen-bond donors (Lipinski definition) is 2. The van der Waals surface area contributed by atoms with Gasteiger partial charge in [-0.15, -0.1) is 6.42 Å². The van der Waals surface area contributed by atoms with E-state index in [0.29, 0.717) is 18.9 Å². The molecule has 0 saturated heterocycles. The molecule has 1 aromatic carbocycles. The van der Waals surface area contributed by atoms with Crippen molar-refractivity contribution in [2.75, 3.05) is 13.2 Å². The number of amides is 1. The first-order chi connectivity index (χ1) is 11.9. The predicted octanol–water partition coefficient (Wildman–Crippen LogP) is -1.32. The van der Waals surface area contributed by atoms with Crippen LogP contribution in [-0.4, -0.2) is 30.3 Å². The predicted molar refractivity (Wildman–Crippen MR) is 87.7 cm³/mol. The van der Waals surface area contributed by atoms with E-state index in [9.17, 15) is 9.18 Å². The molecule has 1 atom stereocenters. The Bertz CT molecular complexity index is 656. The van der Waals surface area contributed by atoms with Crippen molar-refractivity contribution in [1.29, 1.82) is 0 Å². The molecular formula is C18H21FKNO5. The second kappa shape index (κ2) is 13.1. The summed E-state index contributed by atoms with van der Waals surface area (Å²) >= 11 is 0. The molecule has 0 radical (unpaired) electrons. The van der Waals surface area contributed by atoms with Crippen LogP contribution in [0, 0.1) is 18.2 Å². The summed E-state index contributed by atoms with van der Waals surface area (Å²) in [6.07, 6.45) is 6.26. The number of ether oxygens (including phenoxy) is 1. The van der Waals surface area contributed by atoms with Crippen molar-refractivity contribution in [3.8, 4) is 18.1 Å². The van der Waals surface area contributed by atoms with Crippen LogP contribution in [0.1, 0.15) is 43.2 Å². The number of terminal acetylenes is 1. The van der Waals surface area contributed by atoms with Gasteiger partial charge in [-0.1, -0.05) is 12.8 Å². The Kier molecular flexibility index (Phi) is 12.6. The molecule has 6 nitrogen and oxygen atoms in total. The molecule has 0 aromatic heterocycles. The minimum absolute atomic E-state index is 0. The number of carbonyl (C=O) groups excluding carboxylic acids is 1. The van der Waals surface area contributed by atoms with E-state index in [1.165, 1.54) is 0 Å². The van der Waals surface area contributed by atoms with Crippen LogP contribution in [0.25, 0.3) is 0 Å². The van der Waals surface area contributed by atoms with Gasteiger partial charge in [0, 0.05) is 13.0 Å². The van der Waals surface area contributed by atoms with E-state index in [2.05, 4.69) is 11.2 Å². The third-order valence-corrected chi connectivity index (χ3v) is 3.84. The molecule has 1 aromatic rings. The van der Waals surface area contributed by atoms with E-state index >= 15 is 0 Å². The van der Waals surface area contributed by atoms with E-state index in [1.54, 1.807) is 12.1 Å². The number of rotatable bonds is 6. The molecule has 1 amide bonds. The summed E-state index contributed by atoms with van der Waals surface area (Å²) in [6, 6.07) is 3.31. The number of benzene rings is 1. The number of carbonyl (C=O) groups is 2. The second-order valence-electron chi connectivity index (χ2n) is 5.47. The summed E-state index contributed by atoms with van der Waals surface area (Å²) in [4.78, 5) is 19.7. The molecule has 0 bridgehead atoms. The fourth-order valence-electron chi connectivity index (χ4n) is 2.73. The van der Waals surface area contributed by atoms with Crippen molar-refractivity contribution in [1.82, 2.24) is 5.32 Å². The maximum Gasteiger partial charge on any atom is 1.00 e. The fourth-order valence-corrected chi connectivity index (χ4v) is 2.73. The first-order valence-electron chi connectivity index (χ1n) is 7.94. The molecule has 0 saturated carbocycles. The van der Waals surface area contributed by atoms with Crippen molar-refractivity contribution in [3.05, 3.63) is 29.1 Å². The van der Waals surface area contributed by atoms with Gasteiger partial charge in [0.25, 0.3) is 0 Å². The van der Waals surface area contributed by atoms with Gasteiger partial charge in [0.15, 0.2) is 11.6 Å². The van der Waals surface area contributed by atoms with Gasteiger partial charge in [-0.2, -0.15) is 0 Å². The van der Waals surface area contributed by atoms with Crippen molar-refractivity contribution >= 4 is 12.1 Å². The zero-order chi connectivity index (χ0) is 18.8. The average Bonchev–Trinajstić information content (AvgIpc) is 2.93. The largest absolute Gasteiger partial charge is 1.00 e. The SMILES string of the molecule is C#CCOc1cc2c(cc1F)CCC2CCNC(=O)CC.O=C([O-])O.[K+]. The zero-order valence-electron chi connectivity index (χ0n) is 15.0. The summed E-state index contributed by atoms with van der Waals surface area (Å²) in [5.74, 6) is 2.60. The van der Waals surface area contributed by atoms with Crippen LogP contribution in [0.15, 0.2) is 12.1 Å². The first kappa shape index (κ1) is 24.9. The molecule has 1 unspecified atom stereocenters. The van der Waals surface area contributed by atoms with Crippen LogP contribution in [0.3, 0.4) is 0 Å². The molecule has 0 heterocycles. The van der Waals surface area contributed by atoms with Crippen molar-refractivity contribution < 1.29 is 80.3 Å². The van der Waals surface area contributed by atoms with Gasteiger partial charge in [-0.3, -0.25) is 4.79 Å². The first-order valence-corrected chi connectivity index (χ1v) is 7.94. The Hall–Kier alpha value is -1.11. The molecule has 2 rings (SSSR count). The smallest absolute Gasteiger partial charge is 0.565 e. The van der Waals surface area contributed by atoms with Crippen LogP contribution in [0.4, 0.5) is 9.18 Å². The second-order valence-corrected chi connectivity index (χ2v) is 5.47. The standard InChI is InChI=1S/C17H20FNO2.CH2O3.K/c1-3-9-21-16-11-14-12(7-8-19-17(20)4-2)5-6-13(14)10-15(16)18;2-1(3)4;/h1,10-12H,4-9H2,2H3,(H,19,20);(H2,2,3,4);/q;;+1/p-1. The van der Waals surface area contributed by atoms with Gasteiger partial charge in [0.2, 0.25) is 12.1 Å². The van der Waals surface area contributed by atoms with Crippen molar-refractivity contribution in [2.45, 2.75) is 38.5 Å². The molecule has 8 heteroatoms. The number of carboxylic acid groups (broad SMARTS) is 2. The monoisotopic (exact) mass is 389 g/mol. The number of fused-ring (bicyclic) bond motifs is 1. The molecule has 26 heavy (non-hydrogen) atoms. The Morgan fingerprint density at radius 2 is 2.15 bits per heavy atom. The Morgan fingerprint density at radius 3 is 2.73 bits per heavy atom. The molecule has 2 N–H and O–H groups in total. The van der Waals surface area contributed by atoms with Crippen LogP contribution in [-0.2, 0) is 11.2 Å². The normalized spacial score (nSPS) is 14.0. The van der Waals surface area contributed by atoms with Gasteiger partial charge in [0.1, 0.15) is 6.61 Å². The summed E-state index contributed by atoms with van der Waals surface area (Å²) in [7, 11) is 0. The number of nitrogens with one attached hydrogen (secondary N) is 1. The Balaban J connectivity index is 0.00000113. The van der Waals surface area contributed by atoms with E-state index in [1.807, 2.05) is 6.92 Å². The summed E-state index contributed by atoms with van der Waals surface area (Å²) in [5.41, 5.74) is 2.15. The minimum Gasteiger partial charge on any atom is -0.565 e. The molecule has 0 fully saturated rings. The molecular weight excluding hydrogens is 368 g/mol. The van der Waals surface area contributed by atoms with Crippen LogP contribution in [0.2, 0.25) is 0 Å².